The average Bonchev–Trinajstić information content (AvgIpc) is 2.33. The van der Waals surface area contributed by atoms with Crippen LogP contribution < -0.4 is 4.74 Å². The molecule has 1 heterocycles. The number of hydrogen-bond donors (Lipinski definition) is 0. The molecule has 0 bridgehead atoms. The second-order valence-corrected chi connectivity index (χ2v) is 6.47. The second-order valence-electron chi connectivity index (χ2n) is 3.90. The Hall–Kier alpha value is -0.990. The van der Waals surface area contributed by atoms with Crippen LogP contribution in [0, 0.1) is 0 Å². The number of nitrogens with zero attached hydrogens (tertiary/aromatic N) is 1. The van der Waals surface area contributed by atoms with Gasteiger partial charge in [-0.05, 0) is 11.6 Å². The van der Waals surface area contributed by atoms with Gasteiger partial charge in [0.15, 0.2) is 9.84 Å². The molecule has 0 radical (unpaired) electrons. The van der Waals surface area contributed by atoms with E-state index in [1.54, 1.807) is 0 Å². The number of hydrogen-bond acceptors (Lipinski definition) is 5. The summed E-state index contributed by atoms with van der Waals surface area (Å²) < 4.78 is 56.6. The standard InChI is InChI=1S/C11H14ClF2NO4S/c1-18-11-5-8(4-9(12)15-11)7-20(16,17)3-2-19-6-10(13)14/h4-5,10H,2-3,6-7H2,1H3. The van der Waals surface area contributed by atoms with Crippen molar-refractivity contribution in [2.24, 2.45) is 0 Å². The summed E-state index contributed by atoms with van der Waals surface area (Å²) in [6.45, 7) is -1.05. The minimum atomic E-state index is -3.49. The van der Waals surface area contributed by atoms with E-state index in [9.17, 15) is 17.2 Å². The number of alkyl halides is 2. The summed E-state index contributed by atoms with van der Waals surface area (Å²) in [7, 11) is -2.10. The summed E-state index contributed by atoms with van der Waals surface area (Å²) in [5.74, 6) is -0.428. The lowest BCUT2D eigenvalue weighted by Gasteiger charge is -2.07. The van der Waals surface area contributed by atoms with Crippen LogP contribution in [-0.4, -0.2) is 45.9 Å². The van der Waals surface area contributed by atoms with E-state index in [0.29, 0.717) is 5.56 Å². The first-order valence-electron chi connectivity index (χ1n) is 5.59. The molecule has 0 N–H and O–H groups in total. The molecular formula is C11H14ClF2NO4S. The van der Waals surface area contributed by atoms with Crippen molar-refractivity contribution in [2.75, 3.05) is 26.1 Å². The molecule has 1 aromatic rings. The number of ether oxygens (including phenoxy) is 2. The molecule has 0 spiro atoms. The van der Waals surface area contributed by atoms with Crippen molar-refractivity contribution < 1.29 is 26.7 Å². The summed E-state index contributed by atoms with van der Waals surface area (Å²) in [6.07, 6.45) is -2.61. The van der Waals surface area contributed by atoms with E-state index in [2.05, 4.69) is 9.72 Å². The summed E-state index contributed by atoms with van der Waals surface area (Å²) >= 11 is 5.73. The van der Waals surface area contributed by atoms with Gasteiger partial charge in [-0.3, -0.25) is 0 Å². The van der Waals surface area contributed by atoms with Crippen LogP contribution in [0.15, 0.2) is 12.1 Å². The van der Waals surface area contributed by atoms with Gasteiger partial charge in [0.1, 0.15) is 11.8 Å². The maximum Gasteiger partial charge on any atom is 0.261 e. The average molecular weight is 330 g/mol. The molecule has 0 saturated heterocycles. The third kappa shape index (κ3) is 6.44. The summed E-state index contributed by atoms with van der Waals surface area (Å²) in [5, 5.41) is 0.114. The number of pyridine rings is 1. The van der Waals surface area contributed by atoms with Crippen LogP contribution >= 0.6 is 11.6 Å². The lowest BCUT2D eigenvalue weighted by atomic mass is 10.3. The minimum absolute atomic E-state index is 0.114. The molecule has 0 atom stereocenters. The van der Waals surface area contributed by atoms with Gasteiger partial charge in [-0.15, -0.1) is 0 Å². The van der Waals surface area contributed by atoms with Crippen LogP contribution in [-0.2, 0) is 20.3 Å². The van der Waals surface area contributed by atoms with Crippen LogP contribution in [0.5, 0.6) is 5.88 Å². The molecule has 0 unspecified atom stereocenters. The Labute approximate surface area is 120 Å². The minimum Gasteiger partial charge on any atom is -0.481 e. The van der Waals surface area contributed by atoms with Crippen molar-refractivity contribution in [1.82, 2.24) is 4.98 Å². The van der Waals surface area contributed by atoms with Crippen molar-refractivity contribution in [3.05, 3.63) is 22.8 Å². The Morgan fingerprint density at radius 3 is 2.70 bits per heavy atom. The molecule has 5 nitrogen and oxygen atoms in total. The Morgan fingerprint density at radius 2 is 2.10 bits per heavy atom. The molecule has 0 aliphatic rings. The van der Waals surface area contributed by atoms with Crippen molar-refractivity contribution in [3.63, 3.8) is 0 Å². The lowest BCUT2D eigenvalue weighted by Crippen LogP contribution is -2.16. The van der Waals surface area contributed by atoms with Gasteiger partial charge in [0.25, 0.3) is 6.43 Å². The highest BCUT2D eigenvalue weighted by molar-refractivity contribution is 7.90. The Kier molecular flexibility index (Phi) is 6.57. The van der Waals surface area contributed by atoms with Gasteiger partial charge in [0.05, 0.1) is 25.2 Å². The number of halogens is 3. The first kappa shape index (κ1) is 17.1. The molecule has 0 aromatic carbocycles. The Bertz CT molecular complexity index is 539. The van der Waals surface area contributed by atoms with E-state index in [-0.39, 0.29) is 29.1 Å². The highest BCUT2D eigenvalue weighted by Gasteiger charge is 2.14. The largest absolute Gasteiger partial charge is 0.481 e. The van der Waals surface area contributed by atoms with Crippen molar-refractivity contribution in [2.45, 2.75) is 12.2 Å². The third-order valence-corrected chi connectivity index (χ3v) is 3.96. The highest BCUT2D eigenvalue weighted by atomic mass is 35.5. The predicted molar refractivity (Wildman–Crippen MR) is 70.1 cm³/mol. The van der Waals surface area contributed by atoms with Gasteiger partial charge >= 0.3 is 0 Å². The van der Waals surface area contributed by atoms with Crippen LogP contribution in [0.3, 0.4) is 0 Å². The van der Waals surface area contributed by atoms with Gasteiger partial charge in [-0.25, -0.2) is 22.2 Å². The maximum atomic E-state index is 11.8. The van der Waals surface area contributed by atoms with E-state index in [1.165, 1.54) is 19.2 Å². The molecule has 0 saturated carbocycles. The SMILES string of the molecule is COc1cc(CS(=O)(=O)CCOCC(F)F)cc(Cl)n1. The molecule has 9 heteroatoms. The molecule has 1 rings (SSSR count). The first-order chi connectivity index (χ1) is 9.32. The normalized spacial score (nSPS) is 11.8. The zero-order chi connectivity index (χ0) is 15.2. The zero-order valence-electron chi connectivity index (χ0n) is 10.7. The number of methoxy groups -OCH3 is 1. The predicted octanol–water partition coefficient (Wildman–Crippen LogP) is 1.94. The lowest BCUT2D eigenvalue weighted by molar-refractivity contribution is 0.0234. The fourth-order valence-corrected chi connectivity index (χ4v) is 2.81. The molecule has 114 valence electrons. The molecule has 0 amide bonds. The van der Waals surface area contributed by atoms with E-state index < -0.39 is 22.9 Å². The van der Waals surface area contributed by atoms with Crippen molar-refractivity contribution in [1.29, 1.82) is 0 Å². The molecule has 0 aliphatic carbocycles. The molecule has 0 aliphatic heterocycles. The van der Waals surface area contributed by atoms with Crippen molar-refractivity contribution in [3.8, 4) is 5.88 Å². The van der Waals surface area contributed by atoms with Crippen LogP contribution in [0.2, 0.25) is 5.15 Å². The number of aromatic nitrogens is 1. The Morgan fingerprint density at radius 1 is 1.40 bits per heavy atom. The van der Waals surface area contributed by atoms with Crippen LogP contribution in [0.4, 0.5) is 8.78 Å². The van der Waals surface area contributed by atoms with Gasteiger partial charge in [-0.1, -0.05) is 11.6 Å². The van der Waals surface area contributed by atoms with Gasteiger partial charge in [0.2, 0.25) is 5.88 Å². The highest BCUT2D eigenvalue weighted by Crippen LogP contribution is 2.18. The maximum absolute atomic E-state index is 11.8. The number of sulfone groups is 1. The summed E-state index contributed by atoms with van der Waals surface area (Å²) in [5.41, 5.74) is 0.413. The number of rotatable bonds is 8. The fourth-order valence-electron chi connectivity index (χ4n) is 1.40. The van der Waals surface area contributed by atoms with E-state index in [0.717, 1.165) is 0 Å². The van der Waals surface area contributed by atoms with Crippen molar-refractivity contribution >= 4 is 21.4 Å². The molecule has 1 aromatic heterocycles. The van der Waals surface area contributed by atoms with Crippen LogP contribution in [0.1, 0.15) is 5.56 Å². The molecular weight excluding hydrogens is 316 g/mol. The van der Waals surface area contributed by atoms with Gasteiger partial charge in [-0.2, -0.15) is 0 Å². The molecule has 20 heavy (non-hydrogen) atoms. The van der Waals surface area contributed by atoms with E-state index in [1.807, 2.05) is 0 Å². The van der Waals surface area contributed by atoms with Gasteiger partial charge in [0, 0.05) is 6.07 Å². The smallest absolute Gasteiger partial charge is 0.261 e. The monoisotopic (exact) mass is 329 g/mol. The quantitative estimate of drug-likeness (QED) is 0.538. The zero-order valence-corrected chi connectivity index (χ0v) is 12.3. The van der Waals surface area contributed by atoms with E-state index >= 15 is 0 Å². The topological polar surface area (TPSA) is 65.5 Å². The van der Waals surface area contributed by atoms with Crippen LogP contribution in [0.25, 0.3) is 0 Å². The molecule has 0 fully saturated rings. The fraction of sp³-hybridized carbons (Fsp3) is 0.545. The first-order valence-corrected chi connectivity index (χ1v) is 7.79. The van der Waals surface area contributed by atoms with E-state index in [4.69, 9.17) is 16.3 Å². The summed E-state index contributed by atoms with van der Waals surface area (Å²) in [4.78, 5) is 3.82. The third-order valence-electron chi connectivity index (χ3n) is 2.21. The van der Waals surface area contributed by atoms with Gasteiger partial charge < -0.3 is 9.47 Å². The summed E-state index contributed by atoms with van der Waals surface area (Å²) in [6, 6.07) is 2.85. The second kappa shape index (κ2) is 7.70. The Balaban J connectivity index is 2.59.